The van der Waals surface area contributed by atoms with Gasteiger partial charge in [-0.1, -0.05) is 92.2 Å². The number of pyridine rings is 1. The maximum Gasteiger partial charge on any atom is 0.185 e. The van der Waals surface area contributed by atoms with Crippen molar-refractivity contribution in [3.63, 3.8) is 0 Å². The van der Waals surface area contributed by atoms with E-state index in [1.54, 1.807) is 4.68 Å². The summed E-state index contributed by atoms with van der Waals surface area (Å²) in [5.41, 5.74) is 8.18. The van der Waals surface area contributed by atoms with Gasteiger partial charge < -0.3 is 9.30 Å². The highest BCUT2D eigenvalue weighted by Gasteiger charge is 2.19. The molecule has 1 atom stereocenters. The second kappa shape index (κ2) is 13.7. The fourth-order valence-corrected chi connectivity index (χ4v) is 5.73. The van der Waals surface area contributed by atoms with Gasteiger partial charge in [0.2, 0.25) is 0 Å². The van der Waals surface area contributed by atoms with Crippen LogP contribution in [0.1, 0.15) is 72.8 Å². The van der Waals surface area contributed by atoms with Gasteiger partial charge in [0.05, 0.1) is 6.54 Å². The number of unbranched alkanes of at least 4 members (excludes halogenated alkanes) is 1. The zero-order valence-electron chi connectivity index (χ0n) is 25.9. The van der Waals surface area contributed by atoms with Crippen molar-refractivity contribution in [3.05, 3.63) is 113 Å². The Morgan fingerprint density at radius 1 is 0.889 bits per heavy atom. The van der Waals surface area contributed by atoms with Gasteiger partial charge in [0.25, 0.3) is 0 Å². The number of aldehydes is 1. The highest BCUT2D eigenvalue weighted by molar-refractivity contribution is 5.83. The van der Waals surface area contributed by atoms with Crippen LogP contribution < -0.4 is 0 Å². The predicted molar refractivity (Wildman–Crippen MR) is 175 cm³/mol. The van der Waals surface area contributed by atoms with Crippen molar-refractivity contribution in [1.82, 2.24) is 34.7 Å². The van der Waals surface area contributed by atoms with E-state index in [1.807, 2.05) is 56.3 Å². The molecule has 0 amide bonds. The van der Waals surface area contributed by atoms with Crippen molar-refractivity contribution in [1.29, 1.82) is 0 Å². The zero-order chi connectivity index (χ0) is 31.2. The smallest absolute Gasteiger partial charge is 0.185 e. The third-order valence-corrected chi connectivity index (χ3v) is 8.03. The molecule has 45 heavy (non-hydrogen) atoms. The van der Waals surface area contributed by atoms with Gasteiger partial charge in [0.15, 0.2) is 24.0 Å². The fraction of sp³-hybridized carbons (Fsp3) is 0.278. The number of imidazole rings is 1. The average Bonchev–Trinajstić information content (AvgIpc) is 3.69. The number of carbonyl (C=O) groups is 1. The number of nitrogens with zero attached hydrogens (tertiary/aromatic N) is 7. The molecule has 3 aromatic carbocycles. The Bertz CT molecular complexity index is 1890. The van der Waals surface area contributed by atoms with E-state index in [9.17, 15) is 4.79 Å². The van der Waals surface area contributed by atoms with E-state index >= 15 is 0 Å². The van der Waals surface area contributed by atoms with Crippen molar-refractivity contribution >= 4 is 17.5 Å². The number of fused-ring (bicyclic) bond motifs is 1. The van der Waals surface area contributed by atoms with Gasteiger partial charge >= 0.3 is 0 Å². The first-order chi connectivity index (χ1) is 22.1. The molecule has 3 heterocycles. The number of rotatable bonds is 13. The Balaban J connectivity index is 1.32. The van der Waals surface area contributed by atoms with Gasteiger partial charge in [-0.15, -0.1) is 5.10 Å². The third kappa shape index (κ3) is 6.44. The summed E-state index contributed by atoms with van der Waals surface area (Å²) in [5, 5.41) is 12.5. The van der Waals surface area contributed by atoms with Crippen LogP contribution in [0, 0.1) is 0 Å². The van der Waals surface area contributed by atoms with E-state index in [2.05, 4.69) is 69.5 Å². The number of benzene rings is 3. The normalized spacial score (nSPS) is 12.1. The summed E-state index contributed by atoms with van der Waals surface area (Å²) in [6, 6.07) is 28.8. The number of carbonyl (C=O) groups excluding carboxylic acids is 1. The van der Waals surface area contributed by atoms with Crippen LogP contribution in [-0.4, -0.2) is 47.6 Å². The Labute approximate surface area is 262 Å². The van der Waals surface area contributed by atoms with Crippen molar-refractivity contribution in [2.24, 2.45) is 0 Å². The summed E-state index contributed by atoms with van der Waals surface area (Å²) in [4.78, 5) is 22.0. The summed E-state index contributed by atoms with van der Waals surface area (Å²) < 4.78 is 9.64. The van der Waals surface area contributed by atoms with Crippen LogP contribution in [0.25, 0.3) is 33.7 Å². The molecule has 0 bridgehead atoms. The first-order valence-corrected chi connectivity index (χ1v) is 15.6. The summed E-state index contributed by atoms with van der Waals surface area (Å²) in [7, 11) is 0. The van der Waals surface area contributed by atoms with E-state index in [1.165, 1.54) is 0 Å². The SMILES string of the molecule is CCCCc1nc2cc(Cc3ccccc3)c(C=O)nc2n1Cc1ccc(-c2ccccc2-c2nnnn2C(C)OCC)cc1. The van der Waals surface area contributed by atoms with Gasteiger partial charge in [-0.3, -0.25) is 4.79 Å². The third-order valence-electron chi connectivity index (χ3n) is 8.03. The highest BCUT2D eigenvalue weighted by atomic mass is 16.5. The average molecular weight is 600 g/mol. The summed E-state index contributed by atoms with van der Waals surface area (Å²) in [5.74, 6) is 1.64. The van der Waals surface area contributed by atoms with Gasteiger partial charge in [0.1, 0.15) is 17.0 Å². The molecule has 0 aliphatic heterocycles. The first kappa shape index (κ1) is 30.0. The number of aryl methyl sites for hydroxylation is 1. The van der Waals surface area contributed by atoms with Crippen molar-refractivity contribution in [2.45, 2.75) is 59.2 Å². The molecule has 0 aliphatic rings. The first-order valence-electron chi connectivity index (χ1n) is 15.6. The predicted octanol–water partition coefficient (Wildman–Crippen LogP) is 7.10. The van der Waals surface area contributed by atoms with E-state index < -0.39 is 0 Å². The molecule has 0 spiro atoms. The molecule has 0 saturated heterocycles. The minimum Gasteiger partial charge on any atom is -0.357 e. The van der Waals surface area contributed by atoms with Crippen LogP contribution >= 0.6 is 0 Å². The second-order valence-corrected chi connectivity index (χ2v) is 11.1. The van der Waals surface area contributed by atoms with E-state index in [0.717, 1.165) is 75.9 Å². The van der Waals surface area contributed by atoms with E-state index in [-0.39, 0.29) is 6.23 Å². The summed E-state index contributed by atoms with van der Waals surface area (Å²) in [6.07, 6.45) is 4.14. The maximum atomic E-state index is 12.2. The molecule has 0 saturated carbocycles. The number of tetrazole rings is 1. The number of ether oxygens (including phenoxy) is 1. The molecule has 0 radical (unpaired) electrons. The standard InChI is InChI=1S/C36H37N7O2/c1-4-6-16-34-37-32-22-29(21-26-12-8-7-9-13-26)33(24-44)38-36(32)42(34)23-27-17-19-28(20-18-27)30-14-10-11-15-31(30)35-39-40-41-43(35)25(3)45-5-2/h7-15,17-20,22,24-25H,4-6,16,21,23H2,1-3H3. The molecular weight excluding hydrogens is 562 g/mol. The van der Waals surface area contributed by atoms with Crippen LogP contribution in [0.5, 0.6) is 0 Å². The molecule has 9 heteroatoms. The minimum atomic E-state index is -0.287. The number of hydrogen-bond donors (Lipinski definition) is 0. The molecule has 228 valence electrons. The van der Waals surface area contributed by atoms with E-state index in [0.29, 0.717) is 31.1 Å². The molecule has 9 nitrogen and oxygen atoms in total. The molecule has 6 aromatic rings. The Hall–Kier alpha value is -5.02. The van der Waals surface area contributed by atoms with Crippen LogP contribution in [0.2, 0.25) is 0 Å². The quantitative estimate of drug-likeness (QED) is 0.131. The topological polar surface area (TPSA) is 101 Å². The Kier molecular flexibility index (Phi) is 9.17. The Morgan fingerprint density at radius 2 is 1.64 bits per heavy atom. The van der Waals surface area contributed by atoms with Crippen molar-refractivity contribution in [2.75, 3.05) is 6.61 Å². The van der Waals surface area contributed by atoms with Gasteiger partial charge in [-0.25, -0.2) is 9.97 Å². The zero-order valence-corrected chi connectivity index (χ0v) is 25.9. The number of hydrogen-bond acceptors (Lipinski definition) is 7. The van der Waals surface area contributed by atoms with Crippen molar-refractivity contribution < 1.29 is 9.53 Å². The highest BCUT2D eigenvalue weighted by Crippen LogP contribution is 2.32. The molecule has 6 rings (SSSR count). The van der Waals surface area contributed by atoms with Crippen LogP contribution in [0.4, 0.5) is 0 Å². The minimum absolute atomic E-state index is 0.287. The molecule has 0 aliphatic carbocycles. The largest absolute Gasteiger partial charge is 0.357 e. The molecule has 0 N–H and O–H groups in total. The van der Waals surface area contributed by atoms with Crippen LogP contribution in [-0.2, 0) is 24.1 Å². The monoisotopic (exact) mass is 599 g/mol. The number of aromatic nitrogens is 7. The molecular formula is C36H37N7O2. The molecule has 0 fully saturated rings. The van der Waals surface area contributed by atoms with Gasteiger partial charge in [0, 0.05) is 18.6 Å². The summed E-state index contributed by atoms with van der Waals surface area (Å²) >= 11 is 0. The Morgan fingerprint density at radius 3 is 2.38 bits per heavy atom. The lowest BCUT2D eigenvalue weighted by Gasteiger charge is -2.15. The van der Waals surface area contributed by atoms with Crippen molar-refractivity contribution in [3.8, 4) is 22.5 Å². The lowest BCUT2D eigenvalue weighted by molar-refractivity contribution is 0.0159. The van der Waals surface area contributed by atoms with Gasteiger partial charge in [-0.2, -0.15) is 4.68 Å². The van der Waals surface area contributed by atoms with Crippen LogP contribution in [0.15, 0.2) is 84.9 Å². The lowest BCUT2D eigenvalue weighted by atomic mass is 9.98. The second-order valence-electron chi connectivity index (χ2n) is 11.1. The molecule has 1 unspecified atom stereocenters. The molecule has 3 aromatic heterocycles. The summed E-state index contributed by atoms with van der Waals surface area (Å²) in [6.45, 7) is 7.24. The van der Waals surface area contributed by atoms with E-state index in [4.69, 9.17) is 14.7 Å². The lowest BCUT2D eigenvalue weighted by Crippen LogP contribution is -2.12. The fourth-order valence-electron chi connectivity index (χ4n) is 5.73. The maximum absolute atomic E-state index is 12.2. The van der Waals surface area contributed by atoms with Crippen LogP contribution in [0.3, 0.4) is 0 Å². The van der Waals surface area contributed by atoms with Gasteiger partial charge in [-0.05, 0) is 71.0 Å².